The molecule has 0 radical (unpaired) electrons. The summed E-state index contributed by atoms with van der Waals surface area (Å²) in [5, 5.41) is 10.5. The third kappa shape index (κ3) is 3.19. The van der Waals surface area contributed by atoms with Crippen molar-refractivity contribution in [3.63, 3.8) is 0 Å². The lowest BCUT2D eigenvalue weighted by molar-refractivity contribution is -0.135. The Morgan fingerprint density at radius 2 is 2.26 bits per heavy atom. The molecule has 0 amide bonds. The summed E-state index contributed by atoms with van der Waals surface area (Å²) in [6.45, 7) is 3.64. The summed E-state index contributed by atoms with van der Waals surface area (Å²) in [6, 6.07) is 3.13. The van der Waals surface area contributed by atoms with Crippen molar-refractivity contribution in [2.24, 2.45) is 0 Å². The van der Waals surface area contributed by atoms with E-state index in [4.69, 9.17) is 18.0 Å². The van der Waals surface area contributed by atoms with Crippen molar-refractivity contribution in [1.82, 2.24) is 0 Å². The number of esters is 1. The molecule has 0 aliphatic carbocycles. The van der Waals surface area contributed by atoms with E-state index < -0.39 is 5.97 Å². The minimum atomic E-state index is -0.800. The lowest BCUT2D eigenvalue weighted by Crippen LogP contribution is -2.06. The van der Waals surface area contributed by atoms with Gasteiger partial charge >= 0.3 is 5.97 Å². The number of hydrogen-bond donors (Lipinski definition) is 1. The predicted molar refractivity (Wildman–Crippen MR) is 79.6 cm³/mol. The molecule has 0 unspecified atom stereocenters. The summed E-state index contributed by atoms with van der Waals surface area (Å²) in [4.78, 5) is 11.5. The molecule has 0 atom stereocenters. The van der Waals surface area contributed by atoms with Crippen LogP contribution in [0.5, 0.6) is 0 Å². The first kappa shape index (κ1) is 15.4. The maximum Gasteiger partial charge on any atom is 0.350 e. The van der Waals surface area contributed by atoms with Gasteiger partial charge in [-0.05, 0) is 17.7 Å². The average molecular weight is 342 g/mol. The Morgan fingerprint density at radius 1 is 1.63 bits per heavy atom. The molecular formula is C14H10BrClO3. The second kappa shape index (κ2) is 6.46. The zero-order valence-corrected chi connectivity index (χ0v) is 12.4. The van der Waals surface area contributed by atoms with Gasteiger partial charge in [0.15, 0.2) is 5.57 Å². The highest BCUT2D eigenvalue weighted by molar-refractivity contribution is 9.10. The molecule has 19 heavy (non-hydrogen) atoms. The van der Waals surface area contributed by atoms with Gasteiger partial charge in [-0.25, -0.2) is 4.79 Å². The van der Waals surface area contributed by atoms with Crippen LogP contribution in [0.3, 0.4) is 0 Å². The predicted octanol–water partition coefficient (Wildman–Crippen LogP) is 3.82. The van der Waals surface area contributed by atoms with E-state index in [-0.39, 0.29) is 11.3 Å². The second-order valence-electron chi connectivity index (χ2n) is 3.41. The van der Waals surface area contributed by atoms with Crippen LogP contribution in [0.25, 0.3) is 11.8 Å². The molecule has 0 spiro atoms. The zero-order valence-electron chi connectivity index (χ0n) is 10.0. The Morgan fingerprint density at radius 3 is 2.74 bits per heavy atom. The highest BCUT2D eigenvalue weighted by atomic mass is 79.9. The molecule has 0 saturated heterocycles. The molecule has 0 bridgehead atoms. The van der Waals surface area contributed by atoms with Crippen LogP contribution in [-0.2, 0) is 9.53 Å². The van der Waals surface area contributed by atoms with Crippen molar-refractivity contribution in [2.75, 3.05) is 7.11 Å². The molecule has 1 aromatic rings. The number of methoxy groups -OCH3 is 1. The van der Waals surface area contributed by atoms with Gasteiger partial charge in [-0.3, -0.25) is 0 Å². The van der Waals surface area contributed by atoms with Gasteiger partial charge < -0.3 is 9.84 Å². The van der Waals surface area contributed by atoms with Crippen LogP contribution in [0.15, 0.2) is 28.8 Å². The number of terminal acetylenes is 1. The molecule has 0 aliphatic heterocycles. The third-order valence-corrected chi connectivity index (χ3v) is 3.20. The van der Waals surface area contributed by atoms with Crippen molar-refractivity contribution in [3.8, 4) is 12.3 Å². The minimum absolute atomic E-state index is 0.278. The largest absolute Gasteiger partial charge is 0.506 e. The van der Waals surface area contributed by atoms with Gasteiger partial charge in [-0.15, -0.1) is 6.42 Å². The molecule has 0 fully saturated rings. The standard InChI is InChI=1S/C14H10BrClO3/c1-4-9-11(6-8(16)7-12(9)15)13(17)10(5-2)14(18)19-3/h2,4,6-7,17H,1H2,3H3/b13-10-. The molecule has 3 nitrogen and oxygen atoms in total. The molecule has 0 aliphatic rings. The second-order valence-corrected chi connectivity index (χ2v) is 4.70. The number of rotatable bonds is 3. The van der Waals surface area contributed by atoms with Crippen LogP contribution in [-0.4, -0.2) is 18.2 Å². The molecule has 1 rings (SSSR count). The summed E-state index contributed by atoms with van der Waals surface area (Å²) >= 11 is 9.21. The van der Waals surface area contributed by atoms with Crippen molar-refractivity contribution < 1.29 is 14.6 Å². The number of aliphatic hydroxyl groups is 1. The fraction of sp³-hybridized carbons (Fsp3) is 0.0714. The van der Waals surface area contributed by atoms with Crippen LogP contribution >= 0.6 is 27.5 Å². The van der Waals surface area contributed by atoms with Gasteiger partial charge in [0.2, 0.25) is 0 Å². The van der Waals surface area contributed by atoms with Crippen molar-refractivity contribution in [1.29, 1.82) is 0 Å². The molecule has 5 heteroatoms. The number of benzene rings is 1. The summed E-state index contributed by atoms with van der Waals surface area (Å²) in [6.07, 6.45) is 6.73. The van der Waals surface area contributed by atoms with E-state index in [0.717, 1.165) is 0 Å². The highest BCUT2D eigenvalue weighted by Crippen LogP contribution is 2.31. The fourth-order valence-corrected chi connectivity index (χ4v) is 2.42. The maximum atomic E-state index is 11.5. The number of hydrogen-bond acceptors (Lipinski definition) is 3. The molecule has 0 aromatic heterocycles. The van der Waals surface area contributed by atoms with Crippen molar-refractivity contribution in [2.45, 2.75) is 0 Å². The Hall–Kier alpha value is -1.70. The zero-order chi connectivity index (χ0) is 14.6. The number of carbonyl (C=O) groups excluding carboxylic acids is 1. The Kier molecular flexibility index (Phi) is 5.22. The van der Waals surface area contributed by atoms with Gasteiger partial charge in [0.1, 0.15) is 5.76 Å². The lowest BCUT2D eigenvalue weighted by Gasteiger charge is -2.10. The van der Waals surface area contributed by atoms with Gasteiger partial charge in [0.25, 0.3) is 0 Å². The van der Waals surface area contributed by atoms with Crippen LogP contribution in [0.2, 0.25) is 5.02 Å². The fourth-order valence-electron chi connectivity index (χ4n) is 1.45. The summed E-state index contributed by atoms with van der Waals surface area (Å²) in [5.41, 5.74) is 0.589. The lowest BCUT2D eigenvalue weighted by atomic mass is 10.0. The summed E-state index contributed by atoms with van der Waals surface area (Å²) in [7, 11) is 1.18. The molecular weight excluding hydrogens is 332 g/mol. The molecule has 1 N–H and O–H groups in total. The van der Waals surface area contributed by atoms with Crippen LogP contribution in [0.1, 0.15) is 11.1 Å². The minimum Gasteiger partial charge on any atom is -0.506 e. The van der Waals surface area contributed by atoms with Gasteiger partial charge in [0.05, 0.1) is 7.11 Å². The maximum absolute atomic E-state index is 11.5. The van der Waals surface area contributed by atoms with E-state index in [0.29, 0.717) is 20.6 Å². The monoisotopic (exact) mass is 340 g/mol. The number of carbonyl (C=O) groups is 1. The van der Waals surface area contributed by atoms with Gasteiger partial charge in [-0.2, -0.15) is 0 Å². The van der Waals surface area contributed by atoms with Gasteiger partial charge in [-0.1, -0.05) is 46.1 Å². The first-order valence-corrected chi connectivity index (χ1v) is 6.23. The first-order valence-electron chi connectivity index (χ1n) is 5.06. The van der Waals surface area contributed by atoms with Crippen LogP contribution in [0.4, 0.5) is 0 Å². The third-order valence-electron chi connectivity index (χ3n) is 2.32. The molecule has 98 valence electrons. The average Bonchev–Trinajstić information content (AvgIpc) is 2.38. The Bertz CT molecular complexity index is 612. The highest BCUT2D eigenvalue weighted by Gasteiger charge is 2.18. The van der Waals surface area contributed by atoms with Crippen LogP contribution in [0, 0.1) is 12.3 Å². The van der Waals surface area contributed by atoms with E-state index in [1.54, 1.807) is 6.07 Å². The molecule has 1 aromatic carbocycles. The van der Waals surface area contributed by atoms with Gasteiger partial charge in [0, 0.05) is 15.1 Å². The number of aliphatic hydroxyl groups excluding tert-OH is 1. The Balaban J connectivity index is 3.62. The van der Waals surface area contributed by atoms with E-state index in [1.165, 1.54) is 19.3 Å². The Labute approximate surface area is 124 Å². The quantitative estimate of drug-likeness (QED) is 0.393. The van der Waals surface area contributed by atoms with E-state index in [1.807, 2.05) is 0 Å². The van der Waals surface area contributed by atoms with E-state index in [2.05, 4.69) is 33.2 Å². The summed E-state index contributed by atoms with van der Waals surface area (Å²) in [5.74, 6) is 0.922. The van der Waals surface area contributed by atoms with Crippen molar-refractivity contribution in [3.05, 3.63) is 44.9 Å². The number of ether oxygens (including phenoxy) is 1. The SMILES string of the molecule is C#C/C(C(=O)OC)=C(/O)c1cc(Cl)cc(Br)c1C=C. The first-order chi connectivity index (χ1) is 8.96. The van der Waals surface area contributed by atoms with E-state index in [9.17, 15) is 9.90 Å². The topological polar surface area (TPSA) is 46.5 Å². The normalized spacial score (nSPS) is 11.3. The van der Waals surface area contributed by atoms with Crippen molar-refractivity contribution >= 4 is 45.3 Å². The van der Waals surface area contributed by atoms with Crippen LogP contribution < -0.4 is 0 Å². The number of halogens is 2. The van der Waals surface area contributed by atoms with E-state index >= 15 is 0 Å². The molecule has 0 heterocycles. The smallest absolute Gasteiger partial charge is 0.350 e. The molecule has 0 saturated carbocycles. The summed E-state index contributed by atoms with van der Waals surface area (Å²) < 4.78 is 5.13.